The molecule has 0 spiro atoms. The lowest BCUT2D eigenvalue weighted by Gasteiger charge is -2.31. The first-order valence-electron chi connectivity index (χ1n) is 5.32. The van der Waals surface area contributed by atoms with Gasteiger partial charge in [-0.2, -0.15) is 0 Å². The third kappa shape index (κ3) is 4.59. The first-order chi connectivity index (χ1) is 7.24. The SMILES string of the molecule is COCCOCC(=O)N1CCN[C@H](C)C1. The lowest BCUT2D eigenvalue weighted by Crippen LogP contribution is -2.52. The summed E-state index contributed by atoms with van der Waals surface area (Å²) in [7, 11) is 1.61. The van der Waals surface area contributed by atoms with Crippen molar-refractivity contribution in [1.29, 1.82) is 0 Å². The molecule has 0 aliphatic carbocycles. The molecule has 5 nitrogen and oxygen atoms in total. The fraction of sp³-hybridized carbons (Fsp3) is 0.900. The molecule has 0 aromatic heterocycles. The van der Waals surface area contributed by atoms with Gasteiger partial charge in [0.15, 0.2) is 0 Å². The Morgan fingerprint density at radius 2 is 2.33 bits per heavy atom. The Balaban J connectivity index is 2.15. The van der Waals surface area contributed by atoms with Crippen LogP contribution in [-0.4, -0.2) is 63.4 Å². The van der Waals surface area contributed by atoms with Crippen molar-refractivity contribution in [3.8, 4) is 0 Å². The standard InChI is InChI=1S/C10H20N2O3/c1-9-7-12(4-3-11-9)10(13)8-15-6-5-14-2/h9,11H,3-8H2,1-2H3/t9-/m1/s1. The van der Waals surface area contributed by atoms with E-state index in [4.69, 9.17) is 9.47 Å². The molecule has 1 atom stereocenters. The van der Waals surface area contributed by atoms with Gasteiger partial charge in [-0.25, -0.2) is 0 Å². The minimum atomic E-state index is 0.0689. The maximum Gasteiger partial charge on any atom is 0.248 e. The molecule has 5 heteroatoms. The zero-order chi connectivity index (χ0) is 11.1. The minimum Gasteiger partial charge on any atom is -0.382 e. The van der Waals surface area contributed by atoms with Crippen molar-refractivity contribution < 1.29 is 14.3 Å². The highest BCUT2D eigenvalue weighted by Crippen LogP contribution is 1.99. The van der Waals surface area contributed by atoms with Crippen LogP contribution in [0.5, 0.6) is 0 Å². The highest BCUT2D eigenvalue weighted by atomic mass is 16.5. The van der Waals surface area contributed by atoms with E-state index >= 15 is 0 Å². The molecule has 1 rings (SSSR count). The van der Waals surface area contributed by atoms with Gasteiger partial charge in [0.25, 0.3) is 0 Å². The van der Waals surface area contributed by atoms with Crippen LogP contribution in [0.4, 0.5) is 0 Å². The van der Waals surface area contributed by atoms with Crippen LogP contribution in [0.25, 0.3) is 0 Å². The van der Waals surface area contributed by atoms with Crippen LogP contribution in [0, 0.1) is 0 Å². The van der Waals surface area contributed by atoms with Crippen molar-refractivity contribution in [3.05, 3.63) is 0 Å². The Morgan fingerprint density at radius 1 is 1.53 bits per heavy atom. The van der Waals surface area contributed by atoms with Gasteiger partial charge in [0, 0.05) is 32.8 Å². The summed E-state index contributed by atoms with van der Waals surface area (Å²) in [5.74, 6) is 0.0689. The smallest absolute Gasteiger partial charge is 0.248 e. The summed E-state index contributed by atoms with van der Waals surface area (Å²) in [6, 6.07) is 0.377. The van der Waals surface area contributed by atoms with Crippen LogP contribution in [0.1, 0.15) is 6.92 Å². The van der Waals surface area contributed by atoms with Crippen molar-refractivity contribution in [2.45, 2.75) is 13.0 Å². The fourth-order valence-corrected chi connectivity index (χ4v) is 1.55. The topological polar surface area (TPSA) is 50.8 Å². The molecule has 1 heterocycles. The summed E-state index contributed by atoms with van der Waals surface area (Å²) in [6.45, 7) is 5.66. The third-order valence-electron chi connectivity index (χ3n) is 2.38. The summed E-state index contributed by atoms with van der Waals surface area (Å²) in [6.07, 6.45) is 0. The number of piperazine rings is 1. The van der Waals surface area contributed by atoms with E-state index in [1.807, 2.05) is 4.90 Å². The summed E-state index contributed by atoms with van der Waals surface area (Å²) >= 11 is 0. The number of amides is 1. The van der Waals surface area contributed by atoms with Gasteiger partial charge in [-0.3, -0.25) is 4.79 Å². The quantitative estimate of drug-likeness (QED) is 0.628. The Bertz CT molecular complexity index is 199. The molecular weight excluding hydrogens is 196 g/mol. The van der Waals surface area contributed by atoms with Gasteiger partial charge in [0.1, 0.15) is 6.61 Å². The Morgan fingerprint density at radius 3 is 3.00 bits per heavy atom. The zero-order valence-electron chi connectivity index (χ0n) is 9.49. The molecule has 1 N–H and O–H groups in total. The first-order valence-corrected chi connectivity index (χ1v) is 5.32. The van der Waals surface area contributed by atoms with Crippen molar-refractivity contribution in [2.24, 2.45) is 0 Å². The van der Waals surface area contributed by atoms with Crippen LogP contribution in [0.15, 0.2) is 0 Å². The molecule has 0 aromatic rings. The lowest BCUT2D eigenvalue weighted by atomic mass is 10.2. The molecule has 0 bridgehead atoms. The van der Waals surface area contributed by atoms with E-state index in [9.17, 15) is 4.79 Å². The predicted molar refractivity (Wildman–Crippen MR) is 56.7 cm³/mol. The molecule has 1 amide bonds. The van der Waals surface area contributed by atoms with E-state index in [0.717, 1.165) is 19.6 Å². The van der Waals surface area contributed by atoms with Crippen molar-refractivity contribution in [2.75, 3.05) is 46.6 Å². The molecular formula is C10H20N2O3. The van der Waals surface area contributed by atoms with Gasteiger partial charge < -0.3 is 19.7 Å². The molecule has 15 heavy (non-hydrogen) atoms. The highest BCUT2D eigenvalue weighted by Gasteiger charge is 2.19. The second kappa shape index (κ2) is 6.76. The maximum absolute atomic E-state index is 11.6. The maximum atomic E-state index is 11.6. The molecule has 0 radical (unpaired) electrons. The Labute approximate surface area is 90.7 Å². The fourth-order valence-electron chi connectivity index (χ4n) is 1.55. The van der Waals surface area contributed by atoms with E-state index in [0.29, 0.717) is 19.3 Å². The Hall–Kier alpha value is -0.650. The summed E-state index contributed by atoms with van der Waals surface area (Å²) in [5.41, 5.74) is 0. The van der Waals surface area contributed by atoms with Crippen LogP contribution in [-0.2, 0) is 14.3 Å². The van der Waals surface area contributed by atoms with E-state index in [1.165, 1.54) is 0 Å². The third-order valence-corrected chi connectivity index (χ3v) is 2.38. The van der Waals surface area contributed by atoms with E-state index in [-0.39, 0.29) is 12.5 Å². The molecule has 0 saturated carbocycles. The molecule has 1 saturated heterocycles. The van der Waals surface area contributed by atoms with Gasteiger partial charge in [0.2, 0.25) is 5.91 Å². The normalized spacial score (nSPS) is 21.7. The van der Waals surface area contributed by atoms with Crippen LogP contribution in [0.2, 0.25) is 0 Å². The van der Waals surface area contributed by atoms with Crippen molar-refractivity contribution in [1.82, 2.24) is 10.2 Å². The Kier molecular flexibility index (Phi) is 5.60. The second-order valence-electron chi connectivity index (χ2n) is 3.74. The summed E-state index contributed by atoms with van der Waals surface area (Å²) in [5, 5.41) is 3.29. The summed E-state index contributed by atoms with van der Waals surface area (Å²) < 4.78 is 10.0. The zero-order valence-corrected chi connectivity index (χ0v) is 9.49. The lowest BCUT2D eigenvalue weighted by molar-refractivity contribution is -0.137. The predicted octanol–water partition coefficient (Wildman–Crippen LogP) is -0.530. The number of ether oxygens (including phenoxy) is 2. The van der Waals surface area contributed by atoms with Gasteiger partial charge in [-0.15, -0.1) is 0 Å². The number of carbonyl (C=O) groups excluding carboxylic acids is 1. The average molecular weight is 216 g/mol. The van der Waals surface area contributed by atoms with Gasteiger partial charge in [-0.05, 0) is 6.92 Å². The van der Waals surface area contributed by atoms with Crippen LogP contribution in [0.3, 0.4) is 0 Å². The van der Waals surface area contributed by atoms with Crippen LogP contribution < -0.4 is 5.32 Å². The number of nitrogens with one attached hydrogen (secondary N) is 1. The average Bonchev–Trinajstić information content (AvgIpc) is 2.24. The number of hydrogen-bond donors (Lipinski definition) is 1. The number of rotatable bonds is 5. The minimum absolute atomic E-state index is 0.0689. The highest BCUT2D eigenvalue weighted by molar-refractivity contribution is 5.77. The molecule has 1 aliphatic rings. The van der Waals surface area contributed by atoms with Gasteiger partial charge in [0.05, 0.1) is 13.2 Å². The number of nitrogens with zero attached hydrogens (tertiary/aromatic N) is 1. The molecule has 1 fully saturated rings. The second-order valence-corrected chi connectivity index (χ2v) is 3.74. The van der Waals surface area contributed by atoms with Crippen molar-refractivity contribution >= 4 is 5.91 Å². The van der Waals surface area contributed by atoms with Crippen LogP contribution >= 0.6 is 0 Å². The van der Waals surface area contributed by atoms with E-state index in [2.05, 4.69) is 12.2 Å². The van der Waals surface area contributed by atoms with Gasteiger partial charge >= 0.3 is 0 Å². The largest absolute Gasteiger partial charge is 0.382 e. The van der Waals surface area contributed by atoms with E-state index < -0.39 is 0 Å². The first kappa shape index (κ1) is 12.4. The molecule has 0 unspecified atom stereocenters. The molecule has 0 aromatic carbocycles. The van der Waals surface area contributed by atoms with Crippen molar-refractivity contribution in [3.63, 3.8) is 0 Å². The van der Waals surface area contributed by atoms with Gasteiger partial charge in [-0.1, -0.05) is 0 Å². The molecule has 1 aliphatic heterocycles. The summed E-state index contributed by atoms with van der Waals surface area (Å²) in [4.78, 5) is 13.5. The number of carbonyl (C=O) groups is 1. The van der Waals surface area contributed by atoms with E-state index in [1.54, 1.807) is 7.11 Å². The number of hydrogen-bond acceptors (Lipinski definition) is 4. The number of methoxy groups -OCH3 is 1. The monoisotopic (exact) mass is 216 g/mol. The molecule has 88 valence electrons.